The highest BCUT2D eigenvalue weighted by Gasteiger charge is 2.23. The summed E-state index contributed by atoms with van der Waals surface area (Å²) in [5.74, 6) is 0.0912. The Bertz CT molecular complexity index is 922. The smallest absolute Gasteiger partial charge is 0.220 e. The fourth-order valence-corrected chi connectivity index (χ4v) is 4.45. The maximum atomic E-state index is 10.6. The second-order valence-corrected chi connectivity index (χ2v) is 8.90. The Labute approximate surface area is 193 Å². The molecule has 0 atom stereocenters. The molecule has 160 valence electrons. The summed E-state index contributed by atoms with van der Waals surface area (Å²) in [4.78, 5) is 12.7. The van der Waals surface area contributed by atoms with Crippen LogP contribution in [-0.2, 0) is 4.79 Å². The van der Waals surface area contributed by atoms with E-state index in [-0.39, 0.29) is 11.8 Å². The Kier molecular flexibility index (Phi) is 7.93. The number of hydrogen-bond acceptors (Lipinski definition) is 3. The van der Waals surface area contributed by atoms with Gasteiger partial charge >= 0.3 is 0 Å². The van der Waals surface area contributed by atoms with Gasteiger partial charge < -0.3 is 16.0 Å². The van der Waals surface area contributed by atoms with E-state index in [9.17, 15) is 4.79 Å². The molecule has 4 rings (SSSR count). The molecule has 2 aliphatic rings. The first kappa shape index (κ1) is 22.8. The van der Waals surface area contributed by atoms with Crippen molar-refractivity contribution >= 4 is 52.1 Å². The Morgan fingerprint density at radius 2 is 1.63 bits per heavy atom. The maximum Gasteiger partial charge on any atom is 0.220 e. The first-order valence-corrected chi connectivity index (χ1v) is 11.2. The van der Waals surface area contributed by atoms with Crippen LogP contribution in [0.1, 0.15) is 43.2 Å². The van der Waals surface area contributed by atoms with Gasteiger partial charge in [0.25, 0.3) is 0 Å². The standard InChI is InChI=1S/C16H13Cl3N2.C7H13NO/c1-21-9-20-15(13-7-6-12(18)8-14(13)19)16(21)10-2-4-11(17)5-3-10;8-7(9)6-4-2-1-3-5-6/h2-8,20H,9H2,1H3;6H,1-5H2,(H2,8,9). The van der Waals surface area contributed by atoms with E-state index in [0.717, 1.165) is 47.1 Å². The van der Waals surface area contributed by atoms with Crippen molar-refractivity contribution in [2.75, 3.05) is 13.7 Å². The summed E-state index contributed by atoms with van der Waals surface area (Å²) in [6.07, 6.45) is 5.70. The van der Waals surface area contributed by atoms with E-state index in [1.54, 1.807) is 6.07 Å². The van der Waals surface area contributed by atoms with Crippen molar-refractivity contribution in [2.45, 2.75) is 32.1 Å². The Hall–Kier alpha value is -1.88. The van der Waals surface area contributed by atoms with Gasteiger partial charge in [-0.15, -0.1) is 0 Å². The van der Waals surface area contributed by atoms with Gasteiger partial charge in [-0.3, -0.25) is 4.79 Å². The van der Waals surface area contributed by atoms with E-state index < -0.39 is 0 Å². The molecule has 1 amide bonds. The van der Waals surface area contributed by atoms with Crippen LogP contribution >= 0.6 is 34.8 Å². The lowest BCUT2D eigenvalue weighted by Gasteiger charge is -2.17. The number of nitrogens with two attached hydrogens (primary N) is 1. The van der Waals surface area contributed by atoms with Crippen molar-refractivity contribution in [3.8, 4) is 0 Å². The monoisotopic (exact) mass is 465 g/mol. The molecule has 1 aliphatic heterocycles. The van der Waals surface area contributed by atoms with Crippen molar-refractivity contribution in [1.82, 2.24) is 10.2 Å². The number of nitrogens with zero attached hydrogens (tertiary/aromatic N) is 1. The summed E-state index contributed by atoms with van der Waals surface area (Å²) in [5, 5.41) is 5.37. The van der Waals surface area contributed by atoms with Crippen LogP contribution in [0, 0.1) is 5.92 Å². The van der Waals surface area contributed by atoms with Crippen LogP contribution in [0.25, 0.3) is 11.4 Å². The number of nitrogens with one attached hydrogen (secondary N) is 1. The number of amides is 1. The predicted octanol–water partition coefficient (Wildman–Crippen LogP) is 6.02. The molecule has 30 heavy (non-hydrogen) atoms. The molecular formula is C23H26Cl3N3O. The van der Waals surface area contributed by atoms with E-state index in [1.807, 2.05) is 43.4 Å². The molecule has 0 spiro atoms. The molecule has 2 aromatic rings. The number of primary amides is 1. The number of halogens is 3. The highest BCUT2D eigenvalue weighted by molar-refractivity contribution is 6.36. The third kappa shape index (κ3) is 5.63. The molecule has 0 radical (unpaired) electrons. The number of hydrogen-bond donors (Lipinski definition) is 2. The third-order valence-electron chi connectivity index (χ3n) is 5.44. The van der Waals surface area contributed by atoms with Crippen molar-refractivity contribution in [1.29, 1.82) is 0 Å². The summed E-state index contributed by atoms with van der Waals surface area (Å²) in [6.45, 7) is 0.728. The molecule has 0 bridgehead atoms. The van der Waals surface area contributed by atoms with Gasteiger partial charge in [-0.05, 0) is 43.2 Å². The average Bonchev–Trinajstić information content (AvgIpc) is 3.11. The van der Waals surface area contributed by atoms with Crippen molar-refractivity contribution in [3.63, 3.8) is 0 Å². The first-order valence-electron chi connectivity index (χ1n) is 10.1. The molecule has 1 aliphatic carbocycles. The number of carbonyl (C=O) groups is 1. The molecule has 1 fully saturated rings. The summed E-state index contributed by atoms with van der Waals surface area (Å²) in [5.41, 5.74) is 9.25. The number of benzene rings is 2. The summed E-state index contributed by atoms with van der Waals surface area (Å²) in [7, 11) is 2.04. The minimum atomic E-state index is -0.102. The lowest BCUT2D eigenvalue weighted by molar-refractivity contribution is -0.122. The van der Waals surface area contributed by atoms with Crippen LogP contribution in [0.3, 0.4) is 0 Å². The Balaban J connectivity index is 0.000000239. The lowest BCUT2D eigenvalue weighted by Crippen LogP contribution is -2.24. The van der Waals surface area contributed by atoms with Crippen LogP contribution in [-0.4, -0.2) is 24.5 Å². The molecule has 0 saturated heterocycles. The Morgan fingerprint density at radius 1 is 1.00 bits per heavy atom. The van der Waals surface area contributed by atoms with E-state index in [1.165, 1.54) is 19.3 Å². The largest absolute Gasteiger partial charge is 0.369 e. The molecule has 1 saturated carbocycles. The second-order valence-electron chi connectivity index (χ2n) is 7.62. The van der Waals surface area contributed by atoms with E-state index in [4.69, 9.17) is 40.5 Å². The maximum absolute atomic E-state index is 10.6. The van der Waals surface area contributed by atoms with Gasteiger partial charge in [-0.25, -0.2) is 0 Å². The summed E-state index contributed by atoms with van der Waals surface area (Å²) < 4.78 is 0. The van der Waals surface area contributed by atoms with Crippen molar-refractivity contribution in [2.24, 2.45) is 11.7 Å². The van der Waals surface area contributed by atoms with Gasteiger partial charge in [0.1, 0.15) is 0 Å². The Morgan fingerprint density at radius 3 is 2.20 bits per heavy atom. The SMILES string of the molecule is CN1CNC(c2ccc(Cl)cc2Cl)=C1c1ccc(Cl)cc1.NC(=O)C1CCCCC1. The summed E-state index contributed by atoms with van der Waals surface area (Å²) >= 11 is 18.3. The minimum absolute atomic E-state index is 0.102. The zero-order valence-corrected chi connectivity index (χ0v) is 19.2. The van der Waals surface area contributed by atoms with Crippen LogP contribution in [0.15, 0.2) is 42.5 Å². The van der Waals surface area contributed by atoms with E-state index >= 15 is 0 Å². The van der Waals surface area contributed by atoms with Crippen LogP contribution in [0.2, 0.25) is 15.1 Å². The molecule has 1 heterocycles. The van der Waals surface area contributed by atoms with Crippen LogP contribution < -0.4 is 11.1 Å². The average molecular weight is 467 g/mol. The van der Waals surface area contributed by atoms with Gasteiger partial charge in [0.15, 0.2) is 0 Å². The third-order valence-corrected chi connectivity index (χ3v) is 6.24. The quantitative estimate of drug-likeness (QED) is 0.582. The fraction of sp³-hybridized carbons (Fsp3) is 0.348. The topological polar surface area (TPSA) is 58.4 Å². The first-order chi connectivity index (χ1) is 14.4. The molecule has 7 heteroatoms. The predicted molar refractivity (Wildman–Crippen MR) is 126 cm³/mol. The number of rotatable bonds is 3. The molecule has 2 aromatic carbocycles. The van der Waals surface area contributed by atoms with Gasteiger partial charge in [0.05, 0.1) is 23.1 Å². The highest BCUT2D eigenvalue weighted by Crippen LogP contribution is 2.35. The summed E-state index contributed by atoms with van der Waals surface area (Å²) in [6, 6.07) is 13.3. The lowest BCUT2D eigenvalue weighted by atomic mass is 9.89. The van der Waals surface area contributed by atoms with Gasteiger partial charge in [-0.2, -0.15) is 0 Å². The number of carbonyl (C=O) groups excluding carboxylic acids is 1. The second kappa shape index (κ2) is 10.4. The molecule has 3 N–H and O–H groups in total. The minimum Gasteiger partial charge on any atom is -0.369 e. The van der Waals surface area contributed by atoms with Crippen LogP contribution in [0.4, 0.5) is 0 Å². The molecular weight excluding hydrogens is 441 g/mol. The fourth-order valence-electron chi connectivity index (χ4n) is 3.83. The van der Waals surface area contributed by atoms with E-state index in [0.29, 0.717) is 10.0 Å². The molecule has 0 unspecified atom stereocenters. The van der Waals surface area contributed by atoms with E-state index in [2.05, 4.69) is 10.2 Å². The normalized spacial score (nSPS) is 16.7. The zero-order chi connectivity index (χ0) is 21.7. The molecule has 0 aromatic heterocycles. The van der Waals surface area contributed by atoms with Crippen molar-refractivity contribution in [3.05, 3.63) is 68.7 Å². The molecule has 4 nitrogen and oxygen atoms in total. The zero-order valence-electron chi connectivity index (χ0n) is 16.9. The van der Waals surface area contributed by atoms with Crippen LogP contribution in [0.5, 0.6) is 0 Å². The van der Waals surface area contributed by atoms with Gasteiger partial charge in [-0.1, -0.05) is 66.2 Å². The van der Waals surface area contributed by atoms with Gasteiger partial charge in [0, 0.05) is 34.1 Å². The van der Waals surface area contributed by atoms with Gasteiger partial charge in [0.2, 0.25) is 5.91 Å². The van der Waals surface area contributed by atoms with Crippen molar-refractivity contribution < 1.29 is 4.79 Å². The highest BCUT2D eigenvalue weighted by atomic mass is 35.5.